The Hall–Kier alpha value is -3.81. The summed E-state index contributed by atoms with van der Waals surface area (Å²) in [6, 6.07) is 9.29. The molecule has 0 saturated carbocycles. The highest BCUT2D eigenvalue weighted by Gasteiger charge is 2.47. The second kappa shape index (κ2) is 8.28. The number of imidazole rings is 1. The maximum atomic E-state index is 12.9. The normalized spacial score (nSPS) is 18.2. The number of aliphatic hydroxyl groups excluding tert-OH is 1. The smallest absolute Gasteiger partial charge is 0.295 e. The fourth-order valence-corrected chi connectivity index (χ4v) is 3.62. The van der Waals surface area contributed by atoms with Crippen molar-refractivity contribution in [2.75, 3.05) is 13.7 Å². The van der Waals surface area contributed by atoms with Gasteiger partial charge in [0.1, 0.15) is 23.3 Å². The number of ether oxygens (including phenoxy) is 1. The van der Waals surface area contributed by atoms with Gasteiger partial charge >= 0.3 is 0 Å². The van der Waals surface area contributed by atoms with Gasteiger partial charge in [-0.05, 0) is 30.7 Å². The predicted molar refractivity (Wildman–Crippen MR) is 108 cm³/mol. The van der Waals surface area contributed by atoms with Crippen LogP contribution in [0.5, 0.6) is 5.75 Å². The Morgan fingerprint density at radius 3 is 2.80 bits per heavy atom. The zero-order chi connectivity index (χ0) is 21.1. The minimum atomic E-state index is -0.797. The number of Topliss-reactive ketones (excluding diaryl/α,β-unsaturated/α-hetero) is 1. The molecule has 1 aliphatic heterocycles. The Kier molecular flexibility index (Phi) is 5.38. The van der Waals surface area contributed by atoms with E-state index in [2.05, 4.69) is 4.98 Å². The van der Waals surface area contributed by atoms with Gasteiger partial charge in [-0.25, -0.2) is 4.98 Å². The molecule has 1 fully saturated rings. The number of carbonyl (C=O) groups is 2. The maximum absolute atomic E-state index is 12.9. The molecule has 0 radical (unpaired) electrons. The lowest BCUT2D eigenvalue weighted by molar-refractivity contribution is -0.140. The highest BCUT2D eigenvalue weighted by atomic mass is 16.5. The second-order valence-electron chi connectivity index (χ2n) is 6.89. The van der Waals surface area contributed by atoms with E-state index in [0.717, 1.165) is 0 Å². The summed E-state index contributed by atoms with van der Waals surface area (Å²) in [6.45, 7) is 0.965. The summed E-state index contributed by atoms with van der Waals surface area (Å²) >= 11 is 0. The zero-order valence-electron chi connectivity index (χ0n) is 16.4. The van der Waals surface area contributed by atoms with Crippen molar-refractivity contribution in [1.29, 1.82) is 0 Å². The van der Waals surface area contributed by atoms with Gasteiger partial charge in [-0.2, -0.15) is 0 Å². The average Bonchev–Trinajstić information content (AvgIpc) is 3.52. The fraction of sp³-hybridized carbons (Fsp3) is 0.227. The van der Waals surface area contributed by atoms with E-state index in [1.165, 1.54) is 18.3 Å². The number of rotatable bonds is 7. The van der Waals surface area contributed by atoms with Crippen LogP contribution in [0.25, 0.3) is 5.76 Å². The lowest BCUT2D eigenvalue weighted by atomic mass is 9.99. The third kappa shape index (κ3) is 3.59. The number of methoxy groups -OCH3 is 1. The Labute approximate surface area is 173 Å². The number of nitrogens with zero attached hydrogens (tertiary/aromatic N) is 3. The van der Waals surface area contributed by atoms with E-state index >= 15 is 0 Å². The van der Waals surface area contributed by atoms with Crippen molar-refractivity contribution >= 4 is 17.4 Å². The van der Waals surface area contributed by atoms with Gasteiger partial charge in [0, 0.05) is 31.0 Å². The van der Waals surface area contributed by atoms with Crippen LogP contribution >= 0.6 is 0 Å². The molecule has 4 rings (SSSR count). The van der Waals surface area contributed by atoms with E-state index in [9.17, 15) is 14.7 Å². The number of aliphatic hydroxyl groups is 1. The molecule has 30 heavy (non-hydrogen) atoms. The molecule has 1 saturated heterocycles. The van der Waals surface area contributed by atoms with Gasteiger partial charge in [0.15, 0.2) is 0 Å². The predicted octanol–water partition coefficient (Wildman–Crippen LogP) is 3.00. The third-order valence-electron chi connectivity index (χ3n) is 5.07. The summed E-state index contributed by atoms with van der Waals surface area (Å²) in [5, 5.41) is 11.0. The largest absolute Gasteiger partial charge is 0.507 e. The molecular formula is C22H21N3O5. The van der Waals surface area contributed by atoms with Crippen molar-refractivity contribution in [3.05, 3.63) is 78.3 Å². The molecule has 1 atom stereocenters. The van der Waals surface area contributed by atoms with Crippen molar-refractivity contribution < 1.29 is 23.8 Å². The lowest BCUT2D eigenvalue weighted by Crippen LogP contribution is -2.31. The highest BCUT2D eigenvalue weighted by molar-refractivity contribution is 6.46. The molecule has 0 spiro atoms. The number of benzene rings is 1. The van der Waals surface area contributed by atoms with Crippen LogP contribution in [0.3, 0.4) is 0 Å². The first-order valence-electron chi connectivity index (χ1n) is 9.52. The van der Waals surface area contributed by atoms with E-state index in [1.807, 2.05) is 10.8 Å². The first-order chi connectivity index (χ1) is 14.6. The molecule has 1 amide bonds. The molecule has 1 unspecified atom stereocenters. The number of amides is 1. The number of aromatic nitrogens is 2. The van der Waals surface area contributed by atoms with Crippen molar-refractivity contribution in [2.45, 2.75) is 19.0 Å². The molecular weight excluding hydrogens is 386 g/mol. The summed E-state index contributed by atoms with van der Waals surface area (Å²) in [5.74, 6) is -0.707. The van der Waals surface area contributed by atoms with Gasteiger partial charge in [-0.3, -0.25) is 9.59 Å². The number of carbonyl (C=O) groups excluding carboxylic acids is 2. The summed E-state index contributed by atoms with van der Waals surface area (Å²) in [7, 11) is 1.52. The van der Waals surface area contributed by atoms with Crippen LogP contribution in [0, 0.1) is 0 Å². The summed E-state index contributed by atoms with van der Waals surface area (Å²) in [4.78, 5) is 31.2. The first-order valence-corrected chi connectivity index (χ1v) is 9.52. The van der Waals surface area contributed by atoms with Crippen molar-refractivity contribution in [3.63, 3.8) is 0 Å². The summed E-state index contributed by atoms with van der Waals surface area (Å²) in [6.07, 6.45) is 7.30. The minimum absolute atomic E-state index is 0.00540. The Morgan fingerprint density at radius 1 is 1.23 bits per heavy atom. The van der Waals surface area contributed by atoms with Crippen LogP contribution in [0.2, 0.25) is 0 Å². The molecule has 8 nitrogen and oxygen atoms in total. The van der Waals surface area contributed by atoms with Crippen molar-refractivity contribution in [1.82, 2.24) is 14.5 Å². The van der Waals surface area contributed by atoms with E-state index in [-0.39, 0.29) is 11.3 Å². The number of hydrogen-bond acceptors (Lipinski definition) is 6. The van der Waals surface area contributed by atoms with E-state index < -0.39 is 17.7 Å². The van der Waals surface area contributed by atoms with Gasteiger partial charge in [0.2, 0.25) is 0 Å². The fourth-order valence-electron chi connectivity index (χ4n) is 3.62. The summed E-state index contributed by atoms with van der Waals surface area (Å²) < 4.78 is 12.6. The Balaban J connectivity index is 1.69. The van der Waals surface area contributed by atoms with Gasteiger partial charge in [-0.1, -0.05) is 12.1 Å². The molecule has 1 N–H and O–H groups in total. The maximum Gasteiger partial charge on any atom is 0.295 e. The van der Waals surface area contributed by atoms with Crippen LogP contribution in [0.15, 0.2) is 71.4 Å². The molecule has 2 aromatic heterocycles. The monoisotopic (exact) mass is 407 g/mol. The number of furan rings is 1. The molecule has 8 heteroatoms. The second-order valence-corrected chi connectivity index (χ2v) is 6.89. The Morgan fingerprint density at radius 2 is 2.10 bits per heavy atom. The van der Waals surface area contributed by atoms with Crippen LogP contribution in [-0.2, 0) is 16.1 Å². The van der Waals surface area contributed by atoms with E-state index in [0.29, 0.717) is 36.6 Å². The van der Waals surface area contributed by atoms with E-state index in [4.69, 9.17) is 9.15 Å². The van der Waals surface area contributed by atoms with Gasteiger partial charge in [0.05, 0.1) is 25.3 Å². The molecule has 3 aromatic rings. The lowest BCUT2D eigenvalue weighted by Gasteiger charge is -2.23. The SMILES string of the molecule is COc1cccc(C(O)=C2C(=O)C(=O)N(CCCn3ccnc3)C2c2ccco2)c1. The Bertz CT molecular complexity index is 1070. The van der Waals surface area contributed by atoms with Crippen LogP contribution in [0.1, 0.15) is 23.8 Å². The minimum Gasteiger partial charge on any atom is -0.507 e. The molecule has 3 heterocycles. The zero-order valence-corrected chi connectivity index (χ0v) is 16.4. The molecule has 1 aromatic carbocycles. The van der Waals surface area contributed by atoms with Crippen LogP contribution in [0.4, 0.5) is 0 Å². The molecule has 154 valence electrons. The number of hydrogen-bond donors (Lipinski definition) is 1. The molecule has 0 aliphatic carbocycles. The van der Waals surface area contributed by atoms with Crippen LogP contribution < -0.4 is 4.74 Å². The molecule has 1 aliphatic rings. The number of likely N-dealkylation sites (tertiary alicyclic amines) is 1. The topological polar surface area (TPSA) is 97.8 Å². The number of aryl methyl sites for hydroxylation is 1. The van der Waals surface area contributed by atoms with Gasteiger partial charge < -0.3 is 23.7 Å². The third-order valence-corrected chi connectivity index (χ3v) is 5.07. The van der Waals surface area contributed by atoms with Crippen molar-refractivity contribution in [3.8, 4) is 5.75 Å². The average molecular weight is 407 g/mol. The number of ketones is 1. The quantitative estimate of drug-likeness (QED) is 0.367. The van der Waals surface area contributed by atoms with Crippen molar-refractivity contribution in [2.24, 2.45) is 0 Å². The standard InChI is InChI=1S/C22H21N3O5/c1-29-16-6-2-5-15(13-16)20(26)18-19(17-7-3-12-30-17)25(22(28)21(18)27)10-4-9-24-11-8-23-14-24/h2-3,5-8,11-14,19,26H,4,9-10H2,1H3. The van der Waals surface area contributed by atoms with Crippen LogP contribution in [-0.4, -0.2) is 44.9 Å². The highest BCUT2D eigenvalue weighted by Crippen LogP contribution is 2.39. The molecule has 0 bridgehead atoms. The summed E-state index contributed by atoms with van der Waals surface area (Å²) in [5.41, 5.74) is 0.396. The van der Waals surface area contributed by atoms with Gasteiger partial charge in [0.25, 0.3) is 11.7 Å². The first kappa shape index (κ1) is 19.5. The van der Waals surface area contributed by atoms with Gasteiger partial charge in [-0.15, -0.1) is 0 Å². The van der Waals surface area contributed by atoms with E-state index in [1.54, 1.807) is 48.9 Å².